The molecule has 120 valence electrons. The van der Waals surface area contributed by atoms with E-state index in [0.29, 0.717) is 19.0 Å². The zero-order valence-electron chi connectivity index (χ0n) is 13.8. The molecular formula is C14H31N3O2S. The summed E-state index contributed by atoms with van der Waals surface area (Å²) in [5.41, 5.74) is -0.361. The minimum Gasteiger partial charge on any atom is -0.312 e. The maximum Gasteiger partial charge on any atom is 0.279 e. The number of hydrogen-bond acceptors (Lipinski definition) is 3. The molecule has 1 rings (SSSR count). The Hall–Kier alpha value is -0.170. The minimum atomic E-state index is -3.37. The van der Waals surface area contributed by atoms with Gasteiger partial charge in [0.2, 0.25) is 0 Å². The van der Waals surface area contributed by atoms with Crippen LogP contribution in [0.2, 0.25) is 0 Å². The molecule has 0 bridgehead atoms. The molecule has 0 aromatic heterocycles. The van der Waals surface area contributed by atoms with Gasteiger partial charge in [-0.1, -0.05) is 0 Å². The van der Waals surface area contributed by atoms with Crippen molar-refractivity contribution in [2.24, 2.45) is 5.92 Å². The van der Waals surface area contributed by atoms with E-state index >= 15 is 0 Å². The molecule has 0 aliphatic carbocycles. The van der Waals surface area contributed by atoms with E-state index in [-0.39, 0.29) is 5.54 Å². The first kappa shape index (κ1) is 17.9. The average molecular weight is 305 g/mol. The molecule has 1 aliphatic rings. The van der Waals surface area contributed by atoms with Gasteiger partial charge < -0.3 is 5.32 Å². The molecule has 1 heterocycles. The van der Waals surface area contributed by atoms with Gasteiger partial charge in [-0.15, -0.1) is 0 Å². The fraction of sp³-hybridized carbons (Fsp3) is 1.00. The summed E-state index contributed by atoms with van der Waals surface area (Å²) in [4.78, 5) is 0. The van der Waals surface area contributed by atoms with Crippen LogP contribution in [0.3, 0.4) is 0 Å². The van der Waals surface area contributed by atoms with Crippen LogP contribution >= 0.6 is 0 Å². The normalized spacial score (nSPS) is 23.0. The Morgan fingerprint density at radius 2 is 1.70 bits per heavy atom. The Labute approximate surface area is 124 Å². The smallest absolute Gasteiger partial charge is 0.279 e. The summed E-state index contributed by atoms with van der Waals surface area (Å²) in [6, 6.07) is 0. The summed E-state index contributed by atoms with van der Waals surface area (Å²) in [5, 5.41) is 3.47. The third-order valence-electron chi connectivity index (χ3n) is 3.18. The molecular weight excluding hydrogens is 274 g/mol. The van der Waals surface area contributed by atoms with E-state index in [2.05, 4.69) is 30.8 Å². The molecule has 0 amide bonds. The molecule has 5 nitrogen and oxygen atoms in total. The summed E-state index contributed by atoms with van der Waals surface area (Å²) in [6.45, 7) is 14.1. The van der Waals surface area contributed by atoms with Crippen molar-refractivity contribution in [3.63, 3.8) is 0 Å². The molecule has 0 aromatic carbocycles. The van der Waals surface area contributed by atoms with Crippen molar-refractivity contribution in [2.45, 2.75) is 65.5 Å². The summed E-state index contributed by atoms with van der Waals surface area (Å²) < 4.78 is 29.0. The Morgan fingerprint density at radius 3 is 2.20 bits per heavy atom. The van der Waals surface area contributed by atoms with Crippen LogP contribution in [0.5, 0.6) is 0 Å². The zero-order chi connectivity index (χ0) is 15.6. The van der Waals surface area contributed by atoms with Crippen LogP contribution in [-0.4, -0.2) is 43.4 Å². The molecule has 0 saturated carbocycles. The van der Waals surface area contributed by atoms with Gasteiger partial charge in [-0.3, -0.25) is 0 Å². The first-order chi connectivity index (χ1) is 8.89. The van der Waals surface area contributed by atoms with Crippen molar-refractivity contribution in [3.8, 4) is 0 Å². The quantitative estimate of drug-likeness (QED) is 0.831. The summed E-state index contributed by atoms with van der Waals surface area (Å²) in [5.74, 6) is 0.388. The maximum absolute atomic E-state index is 12.3. The summed E-state index contributed by atoms with van der Waals surface area (Å²) in [6.07, 6.45) is 2.02. The van der Waals surface area contributed by atoms with E-state index in [4.69, 9.17) is 0 Å². The Morgan fingerprint density at radius 1 is 1.10 bits per heavy atom. The van der Waals surface area contributed by atoms with Gasteiger partial charge in [-0.2, -0.15) is 17.4 Å². The van der Waals surface area contributed by atoms with Crippen molar-refractivity contribution in [1.82, 2.24) is 14.3 Å². The molecule has 20 heavy (non-hydrogen) atoms. The van der Waals surface area contributed by atoms with Crippen LogP contribution in [0.15, 0.2) is 0 Å². The van der Waals surface area contributed by atoms with Crippen LogP contribution in [0.4, 0.5) is 0 Å². The molecule has 1 atom stereocenters. The van der Waals surface area contributed by atoms with Gasteiger partial charge >= 0.3 is 0 Å². The van der Waals surface area contributed by atoms with Crippen molar-refractivity contribution >= 4 is 10.2 Å². The fourth-order valence-corrected chi connectivity index (χ4v) is 3.99. The average Bonchev–Trinajstić information content (AvgIpc) is 2.22. The first-order valence-corrected chi connectivity index (χ1v) is 8.87. The largest absolute Gasteiger partial charge is 0.312 e. The molecule has 0 spiro atoms. The van der Waals surface area contributed by atoms with E-state index in [1.54, 1.807) is 4.31 Å². The lowest BCUT2D eigenvalue weighted by atomic mass is 9.98. The lowest BCUT2D eigenvalue weighted by molar-refractivity contribution is 0.241. The Kier molecular flexibility index (Phi) is 5.63. The van der Waals surface area contributed by atoms with Crippen molar-refractivity contribution in [3.05, 3.63) is 0 Å². The van der Waals surface area contributed by atoms with Gasteiger partial charge in [0.25, 0.3) is 10.2 Å². The number of nitrogens with zero attached hydrogens (tertiary/aromatic N) is 1. The third kappa shape index (κ3) is 6.52. The number of nitrogens with one attached hydrogen (secondary N) is 2. The van der Waals surface area contributed by atoms with Gasteiger partial charge in [-0.25, -0.2) is 0 Å². The van der Waals surface area contributed by atoms with E-state index in [9.17, 15) is 8.42 Å². The second kappa shape index (κ2) is 6.30. The fourth-order valence-electron chi connectivity index (χ4n) is 2.31. The van der Waals surface area contributed by atoms with Gasteiger partial charge in [-0.05, 0) is 66.8 Å². The second-order valence-electron chi connectivity index (χ2n) is 7.85. The highest BCUT2D eigenvalue weighted by molar-refractivity contribution is 7.87. The highest BCUT2D eigenvalue weighted by atomic mass is 32.2. The van der Waals surface area contributed by atoms with Crippen LogP contribution < -0.4 is 10.0 Å². The zero-order valence-corrected chi connectivity index (χ0v) is 14.6. The molecule has 2 N–H and O–H groups in total. The van der Waals surface area contributed by atoms with E-state index in [1.165, 1.54) is 0 Å². The molecule has 0 radical (unpaired) electrons. The van der Waals surface area contributed by atoms with Crippen molar-refractivity contribution < 1.29 is 8.42 Å². The molecule has 1 saturated heterocycles. The van der Waals surface area contributed by atoms with E-state index < -0.39 is 15.7 Å². The number of rotatable bonds is 4. The Balaban J connectivity index is 2.60. The molecule has 1 fully saturated rings. The third-order valence-corrected chi connectivity index (χ3v) is 5.06. The van der Waals surface area contributed by atoms with Crippen LogP contribution in [0.25, 0.3) is 0 Å². The standard InChI is InChI=1S/C14H31N3O2S/c1-13(2,3)15-10-12-8-7-9-17(11-12)20(18,19)16-14(4,5)6/h12,15-16H,7-11H2,1-6H3. The lowest BCUT2D eigenvalue weighted by Gasteiger charge is -2.35. The summed E-state index contributed by atoms with van der Waals surface area (Å²) >= 11 is 0. The predicted molar refractivity (Wildman–Crippen MR) is 83.9 cm³/mol. The Bertz CT molecular complexity index is 407. The van der Waals surface area contributed by atoms with E-state index in [0.717, 1.165) is 19.4 Å². The lowest BCUT2D eigenvalue weighted by Crippen LogP contribution is -2.53. The maximum atomic E-state index is 12.3. The van der Waals surface area contributed by atoms with Gasteiger partial charge in [0.1, 0.15) is 0 Å². The first-order valence-electron chi connectivity index (χ1n) is 7.43. The van der Waals surface area contributed by atoms with Gasteiger partial charge in [0.15, 0.2) is 0 Å². The minimum absolute atomic E-state index is 0.0742. The van der Waals surface area contributed by atoms with Gasteiger partial charge in [0.05, 0.1) is 0 Å². The van der Waals surface area contributed by atoms with Crippen molar-refractivity contribution in [2.75, 3.05) is 19.6 Å². The van der Waals surface area contributed by atoms with Gasteiger partial charge in [0, 0.05) is 24.2 Å². The highest BCUT2D eigenvalue weighted by Crippen LogP contribution is 2.20. The van der Waals surface area contributed by atoms with Crippen LogP contribution in [-0.2, 0) is 10.2 Å². The molecule has 6 heteroatoms. The van der Waals surface area contributed by atoms with Crippen LogP contribution in [0, 0.1) is 5.92 Å². The molecule has 0 aromatic rings. The predicted octanol–water partition coefficient (Wildman–Crippen LogP) is 1.72. The monoisotopic (exact) mass is 305 g/mol. The molecule has 1 aliphatic heterocycles. The highest BCUT2D eigenvalue weighted by Gasteiger charge is 2.31. The van der Waals surface area contributed by atoms with E-state index in [1.807, 2.05) is 20.8 Å². The topological polar surface area (TPSA) is 61.4 Å². The number of piperidine rings is 1. The SMILES string of the molecule is CC(C)(C)NCC1CCCN(S(=O)(=O)NC(C)(C)C)C1. The van der Waals surface area contributed by atoms with Crippen molar-refractivity contribution in [1.29, 1.82) is 0 Å². The second-order valence-corrected chi connectivity index (χ2v) is 9.52. The summed E-state index contributed by atoms with van der Waals surface area (Å²) in [7, 11) is -3.37. The van der Waals surface area contributed by atoms with Crippen LogP contribution in [0.1, 0.15) is 54.4 Å². The number of hydrogen-bond donors (Lipinski definition) is 2. The molecule has 1 unspecified atom stereocenters.